The Morgan fingerprint density at radius 2 is 1.83 bits per heavy atom. The van der Waals surface area contributed by atoms with Crippen LogP contribution in [0.2, 0.25) is 0 Å². The topological polar surface area (TPSA) is 55.1 Å². The zero-order chi connectivity index (χ0) is 17.3. The van der Waals surface area contributed by atoms with Gasteiger partial charge in [0.15, 0.2) is 0 Å². The summed E-state index contributed by atoms with van der Waals surface area (Å²) in [6, 6.07) is 6.51. The maximum Gasteiger partial charge on any atom is 0.391 e. The molecular formula is C16H21BrClF3N2O. The van der Waals surface area contributed by atoms with Crippen molar-refractivity contribution < 1.29 is 18.0 Å². The summed E-state index contributed by atoms with van der Waals surface area (Å²) in [6.07, 6.45) is -3.15. The molecule has 136 valence electrons. The number of hydrogen-bond donors (Lipinski definition) is 2. The van der Waals surface area contributed by atoms with Gasteiger partial charge in [-0.1, -0.05) is 34.5 Å². The fourth-order valence-electron chi connectivity index (χ4n) is 2.88. The van der Waals surface area contributed by atoms with Gasteiger partial charge in [0.25, 0.3) is 0 Å². The highest BCUT2D eigenvalue weighted by Gasteiger charge is 2.43. The molecule has 0 heterocycles. The van der Waals surface area contributed by atoms with Gasteiger partial charge in [-0.05, 0) is 43.9 Å². The molecular weight excluding hydrogens is 409 g/mol. The van der Waals surface area contributed by atoms with Crippen molar-refractivity contribution in [2.24, 2.45) is 11.7 Å². The molecule has 0 aromatic heterocycles. The van der Waals surface area contributed by atoms with Crippen LogP contribution in [0.3, 0.4) is 0 Å². The van der Waals surface area contributed by atoms with Gasteiger partial charge in [-0.3, -0.25) is 4.79 Å². The third-order valence-electron chi connectivity index (χ3n) is 4.39. The minimum Gasteiger partial charge on any atom is -0.351 e. The van der Waals surface area contributed by atoms with E-state index in [9.17, 15) is 18.0 Å². The maximum atomic E-state index is 12.8. The molecule has 8 heteroatoms. The Bertz CT molecular complexity index is 563. The Morgan fingerprint density at radius 1 is 1.25 bits per heavy atom. The number of carbonyl (C=O) groups excluding carboxylic acids is 1. The van der Waals surface area contributed by atoms with Crippen molar-refractivity contribution in [3.8, 4) is 0 Å². The molecule has 1 saturated carbocycles. The smallest absolute Gasteiger partial charge is 0.351 e. The molecule has 0 spiro atoms. The summed E-state index contributed by atoms with van der Waals surface area (Å²) in [5.41, 5.74) is 5.45. The molecule has 3 nitrogen and oxygen atoms in total. The van der Waals surface area contributed by atoms with Gasteiger partial charge in [-0.15, -0.1) is 12.4 Å². The van der Waals surface area contributed by atoms with Gasteiger partial charge in [-0.2, -0.15) is 13.2 Å². The van der Waals surface area contributed by atoms with Gasteiger partial charge in [0.1, 0.15) is 5.54 Å². The molecule has 24 heavy (non-hydrogen) atoms. The van der Waals surface area contributed by atoms with E-state index in [1.165, 1.54) is 0 Å². The number of amides is 1. The lowest BCUT2D eigenvalue weighted by molar-refractivity contribution is -0.184. The number of hydrogen-bond acceptors (Lipinski definition) is 2. The predicted molar refractivity (Wildman–Crippen MR) is 92.9 cm³/mol. The molecule has 2 rings (SSSR count). The summed E-state index contributed by atoms with van der Waals surface area (Å²) < 4.78 is 39.4. The maximum absolute atomic E-state index is 12.8. The summed E-state index contributed by atoms with van der Waals surface area (Å²) in [7, 11) is 0. The van der Waals surface area contributed by atoms with Gasteiger partial charge < -0.3 is 11.1 Å². The quantitative estimate of drug-likeness (QED) is 0.753. The molecule has 0 bridgehead atoms. The minimum atomic E-state index is -4.21. The highest BCUT2D eigenvalue weighted by Crippen LogP contribution is 2.37. The van der Waals surface area contributed by atoms with Crippen molar-refractivity contribution in [1.29, 1.82) is 0 Å². The fourth-order valence-corrected chi connectivity index (χ4v) is 3.15. The molecule has 1 amide bonds. The summed E-state index contributed by atoms with van der Waals surface area (Å²) >= 11 is 3.31. The van der Waals surface area contributed by atoms with E-state index in [4.69, 9.17) is 5.73 Å². The SMILES string of the molecule is CC(N)(C(=O)NC1CCCC(C(F)(F)F)C1)c1ccc(Br)cc1.Cl. The van der Waals surface area contributed by atoms with Crippen molar-refractivity contribution in [3.63, 3.8) is 0 Å². The number of alkyl halides is 3. The average molecular weight is 430 g/mol. The largest absolute Gasteiger partial charge is 0.391 e. The van der Waals surface area contributed by atoms with Crippen LogP contribution < -0.4 is 11.1 Å². The van der Waals surface area contributed by atoms with Crippen LogP contribution in [-0.2, 0) is 10.3 Å². The second-order valence-corrected chi connectivity index (χ2v) is 7.20. The van der Waals surface area contributed by atoms with Crippen LogP contribution in [0.1, 0.15) is 38.2 Å². The van der Waals surface area contributed by atoms with E-state index < -0.39 is 29.6 Å². The molecule has 1 aliphatic carbocycles. The van der Waals surface area contributed by atoms with Crippen molar-refractivity contribution in [1.82, 2.24) is 5.32 Å². The van der Waals surface area contributed by atoms with Crippen LogP contribution in [0.15, 0.2) is 28.7 Å². The van der Waals surface area contributed by atoms with Gasteiger partial charge in [0, 0.05) is 10.5 Å². The Kier molecular flexibility index (Phi) is 7.14. The standard InChI is InChI=1S/C16H20BrF3N2O.ClH/c1-15(21,10-5-7-12(17)8-6-10)14(23)22-13-4-2-3-11(9-13)16(18,19)20;/h5-8,11,13H,2-4,9,21H2,1H3,(H,22,23);1H. The summed E-state index contributed by atoms with van der Waals surface area (Å²) in [6.45, 7) is 1.57. The zero-order valence-corrected chi connectivity index (χ0v) is 15.6. The highest BCUT2D eigenvalue weighted by atomic mass is 79.9. The van der Waals surface area contributed by atoms with Crippen molar-refractivity contribution >= 4 is 34.2 Å². The Morgan fingerprint density at radius 3 is 2.38 bits per heavy atom. The summed E-state index contributed by atoms with van der Waals surface area (Å²) in [5.74, 6) is -1.80. The van der Waals surface area contributed by atoms with Crippen LogP contribution in [0.4, 0.5) is 13.2 Å². The lowest BCUT2D eigenvalue weighted by atomic mass is 9.84. The number of carbonyl (C=O) groups is 1. The number of nitrogens with one attached hydrogen (secondary N) is 1. The lowest BCUT2D eigenvalue weighted by Gasteiger charge is -2.33. The zero-order valence-electron chi connectivity index (χ0n) is 13.2. The average Bonchev–Trinajstić information content (AvgIpc) is 2.47. The van der Waals surface area contributed by atoms with E-state index in [1.807, 2.05) is 0 Å². The minimum absolute atomic E-state index is 0. The third kappa shape index (κ3) is 5.10. The van der Waals surface area contributed by atoms with Gasteiger partial charge in [-0.25, -0.2) is 0 Å². The van der Waals surface area contributed by atoms with Crippen LogP contribution >= 0.6 is 28.3 Å². The van der Waals surface area contributed by atoms with Crippen molar-refractivity contribution in [2.75, 3.05) is 0 Å². The monoisotopic (exact) mass is 428 g/mol. The normalized spacial score (nSPS) is 23.8. The first-order chi connectivity index (χ1) is 10.6. The van der Waals surface area contributed by atoms with Gasteiger partial charge in [0.2, 0.25) is 5.91 Å². The van der Waals surface area contributed by atoms with Crippen molar-refractivity contribution in [3.05, 3.63) is 34.3 Å². The van der Waals surface area contributed by atoms with E-state index >= 15 is 0 Å². The second-order valence-electron chi connectivity index (χ2n) is 6.28. The van der Waals surface area contributed by atoms with Gasteiger partial charge >= 0.3 is 6.18 Å². The van der Waals surface area contributed by atoms with Crippen molar-refractivity contribution in [2.45, 2.75) is 50.4 Å². The van der Waals surface area contributed by atoms with E-state index in [1.54, 1.807) is 31.2 Å². The predicted octanol–water partition coefficient (Wildman–Crippen LogP) is 4.28. The fraction of sp³-hybridized carbons (Fsp3) is 0.562. The van der Waals surface area contributed by atoms with E-state index in [0.29, 0.717) is 18.4 Å². The molecule has 0 radical (unpaired) electrons. The van der Waals surface area contributed by atoms with Crippen LogP contribution in [0, 0.1) is 5.92 Å². The van der Waals surface area contributed by atoms with E-state index in [2.05, 4.69) is 21.2 Å². The van der Waals surface area contributed by atoms with Crippen LogP contribution in [0.5, 0.6) is 0 Å². The van der Waals surface area contributed by atoms with E-state index in [-0.39, 0.29) is 25.2 Å². The number of benzene rings is 1. The number of rotatable bonds is 3. The number of halogens is 5. The molecule has 3 N–H and O–H groups in total. The second kappa shape index (κ2) is 8.06. The third-order valence-corrected chi connectivity index (χ3v) is 4.92. The van der Waals surface area contributed by atoms with Crippen LogP contribution in [0.25, 0.3) is 0 Å². The molecule has 0 saturated heterocycles. The van der Waals surface area contributed by atoms with E-state index in [0.717, 1.165) is 4.47 Å². The molecule has 3 unspecified atom stereocenters. The molecule has 0 aliphatic heterocycles. The summed E-state index contributed by atoms with van der Waals surface area (Å²) in [4.78, 5) is 12.4. The lowest BCUT2D eigenvalue weighted by Crippen LogP contribution is -2.53. The molecule has 1 aromatic carbocycles. The number of nitrogens with two attached hydrogens (primary N) is 1. The Labute approximate surface area is 154 Å². The van der Waals surface area contributed by atoms with Crippen LogP contribution in [-0.4, -0.2) is 18.1 Å². The molecule has 1 fully saturated rings. The van der Waals surface area contributed by atoms with Gasteiger partial charge in [0.05, 0.1) is 5.92 Å². The Hall–Kier alpha value is -0.790. The highest BCUT2D eigenvalue weighted by molar-refractivity contribution is 9.10. The molecule has 1 aromatic rings. The first-order valence-corrected chi connectivity index (χ1v) is 8.32. The molecule has 1 aliphatic rings. The first-order valence-electron chi connectivity index (χ1n) is 7.53. The Balaban J connectivity index is 0.00000288. The summed E-state index contributed by atoms with van der Waals surface area (Å²) in [5, 5.41) is 2.70. The molecule has 3 atom stereocenters. The first kappa shape index (κ1) is 21.3.